The quantitative estimate of drug-likeness (QED) is 0.294. The van der Waals surface area contributed by atoms with Crippen molar-refractivity contribution < 1.29 is 0 Å². The van der Waals surface area contributed by atoms with Crippen LogP contribution in [0.1, 0.15) is 0 Å². The van der Waals surface area contributed by atoms with E-state index >= 15 is 0 Å². The molecule has 0 amide bonds. The summed E-state index contributed by atoms with van der Waals surface area (Å²) in [5.74, 6) is 0.703. The zero-order valence-electron chi connectivity index (χ0n) is 15.9. The molecule has 0 unspecified atom stereocenters. The lowest BCUT2D eigenvalue weighted by Crippen LogP contribution is -2.00. The molecule has 0 aliphatic rings. The normalized spacial score (nSPS) is 12.0. The topological polar surface area (TPSA) is 30.7 Å². The number of hydrogen-bond donors (Lipinski definition) is 0. The zero-order valence-corrected chi connectivity index (χ0v) is 16.7. The summed E-state index contributed by atoms with van der Waals surface area (Å²) in [6, 6.07) is 27.9. The summed E-state index contributed by atoms with van der Waals surface area (Å²) in [5, 5.41) is 7.69. The van der Waals surface area contributed by atoms with Crippen LogP contribution in [0.4, 0.5) is 0 Å². The molecule has 30 heavy (non-hydrogen) atoms. The molecule has 140 valence electrons. The number of aromatic nitrogens is 3. The van der Waals surface area contributed by atoms with E-state index in [1.807, 2.05) is 29.8 Å². The molecule has 0 aliphatic heterocycles. The number of nitrogens with zero attached hydrogens (tertiary/aromatic N) is 3. The maximum Gasteiger partial charge on any atom is 0.234 e. The van der Waals surface area contributed by atoms with Gasteiger partial charge in [0.1, 0.15) is 0 Å². The molecular formula is C26H15N3S. The summed E-state index contributed by atoms with van der Waals surface area (Å²) in [7, 11) is 0. The second-order valence-corrected chi connectivity index (χ2v) is 8.53. The summed E-state index contributed by atoms with van der Waals surface area (Å²) >= 11 is 1.88. The first-order valence-corrected chi connectivity index (χ1v) is 10.8. The van der Waals surface area contributed by atoms with Gasteiger partial charge in [-0.2, -0.15) is 0 Å². The Morgan fingerprint density at radius 3 is 2.10 bits per heavy atom. The Kier molecular flexibility index (Phi) is 3.15. The fourth-order valence-electron chi connectivity index (χ4n) is 4.74. The molecule has 7 aromatic rings. The maximum absolute atomic E-state index is 4.61. The molecule has 3 nitrogen and oxygen atoms in total. The van der Waals surface area contributed by atoms with E-state index in [0.717, 1.165) is 5.52 Å². The van der Waals surface area contributed by atoms with Crippen LogP contribution in [0.3, 0.4) is 0 Å². The SMILES string of the molecule is c1cnc(-n2c3ccccc3c3c4sc5ccccc5c4c4ccccc4c32)nc1. The van der Waals surface area contributed by atoms with Crippen LogP contribution in [0.15, 0.2) is 91.3 Å². The molecular weight excluding hydrogens is 386 g/mol. The van der Waals surface area contributed by atoms with Crippen LogP contribution in [-0.4, -0.2) is 14.5 Å². The van der Waals surface area contributed by atoms with E-state index in [2.05, 4.69) is 87.3 Å². The molecule has 4 heteroatoms. The first-order chi connectivity index (χ1) is 14.9. The highest BCUT2D eigenvalue weighted by molar-refractivity contribution is 7.27. The highest BCUT2D eigenvalue weighted by atomic mass is 32.1. The lowest BCUT2D eigenvalue weighted by atomic mass is 10.00. The average molecular weight is 401 g/mol. The summed E-state index contributed by atoms with van der Waals surface area (Å²) in [6.45, 7) is 0. The summed E-state index contributed by atoms with van der Waals surface area (Å²) in [4.78, 5) is 9.21. The Bertz CT molecular complexity index is 1740. The lowest BCUT2D eigenvalue weighted by Gasteiger charge is -2.09. The van der Waals surface area contributed by atoms with Crippen molar-refractivity contribution in [3.05, 3.63) is 91.3 Å². The van der Waals surface area contributed by atoms with Crippen molar-refractivity contribution in [3.63, 3.8) is 0 Å². The summed E-state index contributed by atoms with van der Waals surface area (Å²) in [6.07, 6.45) is 3.62. The fourth-order valence-corrected chi connectivity index (χ4v) is 6.01. The number of benzene rings is 4. The van der Waals surface area contributed by atoms with Gasteiger partial charge in [0.2, 0.25) is 5.95 Å². The highest BCUT2D eigenvalue weighted by Gasteiger charge is 2.21. The molecule has 4 aromatic carbocycles. The summed E-state index contributed by atoms with van der Waals surface area (Å²) < 4.78 is 4.87. The van der Waals surface area contributed by atoms with Crippen molar-refractivity contribution in [3.8, 4) is 5.95 Å². The number of thiophene rings is 1. The van der Waals surface area contributed by atoms with Crippen molar-refractivity contribution in [1.29, 1.82) is 0 Å². The average Bonchev–Trinajstić information content (AvgIpc) is 3.36. The van der Waals surface area contributed by atoms with Gasteiger partial charge < -0.3 is 0 Å². The van der Waals surface area contributed by atoms with Gasteiger partial charge in [-0.05, 0) is 23.6 Å². The molecule has 0 saturated carbocycles. The smallest absolute Gasteiger partial charge is 0.234 e. The van der Waals surface area contributed by atoms with E-state index < -0.39 is 0 Å². The highest BCUT2D eigenvalue weighted by Crippen LogP contribution is 2.47. The monoisotopic (exact) mass is 401 g/mol. The van der Waals surface area contributed by atoms with Crippen LogP contribution in [0.5, 0.6) is 0 Å². The molecule has 0 N–H and O–H groups in total. The molecule has 3 heterocycles. The van der Waals surface area contributed by atoms with Crippen LogP contribution in [-0.2, 0) is 0 Å². The minimum atomic E-state index is 0.703. The molecule has 0 fully saturated rings. The third kappa shape index (κ3) is 1.98. The van der Waals surface area contributed by atoms with Crippen molar-refractivity contribution >= 4 is 64.1 Å². The summed E-state index contributed by atoms with van der Waals surface area (Å²) in [5.41, 5.74) is 2.31. The van der Waals surface area contributed by atoms with Gasteiger partial charge in [0.15, 0.2) is 0 Å². The Morgan fingerprint density at radius 2 is 1.27 bits per heavy atom. The van der Waals surface area contributed by atoms with Crippen LogP contribution < -0.4 is 0 Å². The van der Waals surface area contributed by atoms with Gasteiger partial charge in [0.25, 0.3) is 0 Å². The predicted octanol–water partition coefficient (Wildman–Crippen LogP) is 7.09. The van der Waals surface area contributed by atoms with Gasteiger partial charge in [0.05, 0.1) is 11.0 Å². The molecule has 0 saturated heterocycles. The molecule has 0 spiro atoms. The standard InChI is InChI=1S/C26H15N3S/c1-2-9-17-16(8-1)22-19-11-4-6-13-21(19)30-25(22)23-18-10-3-5-12-20(18)29(24(17)23)26-27-14-7-15-28-26/h1-15H. The minimum absolute atomic E-state index is 0.703. The lowest BCUT2D eigenvalue weighted by molar-refractivity contribution is 0.991. The Morgan fingerprint density at radius 1 is 0.600 bits per heavy atom. The van der Waals surface area contributed by atoms with Crippen LogP contribution in [0, 0.1) is 0 Å². The molecule has 0 aliphatic carbocycles. The minimum Gasteiger partial charge on any atom is -0.277 e. The van der Waals surface area contributed by atoms with Crippen molar-refractivity contribution in [1.82, 2.24) is 14.5 Å². The van der Waals surface area contributed by atoms with Gasteiger partial charge in [-0.15, -0.1) is 11.3 Å². The van der Waals surface area contributed by atoms with E-state index in [0.29, 0.717) is 5.95 Å². The van der Waals surface area contributed by atoms with Gasteiger partial charge in [-0.1, -0.05) is 60.7 Å². The Hall–Kier alpha value is -3.76. The first-order valence-electron chi connectivity index (χ1n) is 9.94. The third-order valence-corrected chi connectivity index (χ3v) is 7.09. The zero-order chi connectivity index (χ0) is 19.7. The Labute approximate surface area is 175 Å². The largest absolute Gasteiger partial charge is 0.277 e. The molecule has 7 rings (SSSR count). The van der Waals surface area contributed by atoms with E-state index in [4.69, 9.17) is 0 Å². The van der Waals surface area contributed by atoms with Crippen LogP contribution in [0.25, 0.3) is 58.7 Å². The number of rotatable bonds is 1. The van der Waals surface area contributed by atoms with E-state index in [1.165, 1.54) is 47.2 Å². The van der Waals surface area contributed by atoms with E-state index in [9.17, 15) is 0 Å². The first kappa shape index (κ1) is 16.1. The van der Waals surface area contributed by atoms with Gasteiger partial charge >= 0.3 is 0 Å². The second-order valence-electron chi connectivity index (χ2n) is 7.47. The van der Waals surface area contributed by atoms with Crippen molar-refractivity contribution in [2.45, 2.75) is 0 Å². The van der Waals surface area contributed by atoms with Crippen LogP contribution in [0.2, 0.25) is 0 Å². The van der Waals surface area contributed by atoms with Crippen molar-refractivity contribution in [2.75, 3.05) is 0 Å². The molecule has 0 radical (unpaired) electrons. The molecule has 3 aromatic heterocycles. The predicted molar refractivity (Wildman–Crippen MR) is 127 cm³/mol. The molecule has 0 bridgehead atoms. The number of hydrogen-bond acceptors (Lipinski definition) is 3. The van der Waals surface area contributed by atoms with E-state index in [-0.39, 0.29) is 0 Å². The fraction of sp³-hybridized carbons (Fsp3) is 0. The van der Waals surface area contributed by atoms with Gasteiger partial charge in [-0.25, -0.2) is 9.97 Å². The van der Waals surface area contributed by atoms with E-state index in [1.54, 1.807) is 0 Å². The van der Waals surface area contributed by atoms with Crippen LogP contribution >= 0.6 is 11.3 Å². The molecule has 0 atom stereocenters. The Balaban J connectivity index is 1.88. The number of para-hydroxylation sites is 1. The third-order valence-electron chi connectivity index (χ3n) is 5.90. The maximum atomic E-state index is 4.61. The second kappa shape index (κ2) is 5.88. The van der Waals surface area contributed by atoms with Crippen molar-refractivity contribution in [2.24, 2.45) is 0 Å². The van der Waals surface area contributed by atoms with Gasteiger partial charge in [-0.3, -0.25) is 4.57 Å². The van der Waals surface area contributed by atoms with Gasteiger partial charge in [0, 0.05) is 48.7 Å². The number of fused-ring (bicyclic) bond motifs is 10.